The quantitative estimate of drug-likeness (QED) is 0.580. The first kappa shape index (κ1) is 21.1. The summed E-state index contributed by atoms with van der Waals surface area (Å²) in [5.41, 5.74) is 1.16. The van der Waals surface area contributed by atoms with Crippen LogP contribution in [0.2, 0.25) is 5.02 Å². The van der Waals surface area contributed by atoms with Crippen LogP contribution in [0.25, 0.3) is 0 Å². The number of hydrogen-bond donors (Lipinski definition) is 1. The molecule has 26 heavy (non-hydrogen) atoms. The molecule has 1 aromatic heterocycles. The molecule has 1 unspecified atom stereocenters. The van der Waals surface area contributed by atoms with E-state index in [2.05, 4.69) is 47.5 Å². The van der Waals surface area contributed by atoms with Gasteiger partial charge in [-0.2, -0.15) is 0 Å². The highest BCUT2D eigenvalue weighted by Gasteiger charge is 2.24. The highest BCUT2D eigenvalue weighted by Crippen LogP contribution is 2.15. The van der Waals surface area contributed by atoms with Gasteiger partial charge in [0.2, 0.25) is 0 Å². The lowest BCUT2D eigenvalue weighted by molar-refractivity contribution is 0.00863. The summed E-state index contributed by atoms with van der Waals surface area (Å²) in [7, 11) is 4.09. The van der Waals surface area contributed by atoms with Gasteiger partial charge in [-0.05, 0) is 18.9 Å². The van der Waals surface area contributed by atoms with E-state index < -0.39 is 0 Å². The van der Waals surface area contributed by atoms with E-state index in [4.69, 9.17) is 21.3 Å². The Balaban J connectivity index is 2.06. The van der Waals surface area contributed by atoms with Crippen LogP contribution in [0.15, 0.2) is 17.3 Å². The Labute approximate surface area is 163 Å². The smallest absolute Gasteiger partial charge is 0.194 e. The van der Waals surface area contributed by atoms with Crippen molar-refractivity contribution >= 4 is 17.6 Å². The number of ether oxygens (including phenoxy) is 1. The minimum absolute atomic E-state index is 0.436. The summed E-state index contributed by atoms with van der Waals surface area (Å²) in [6.07, 6.45) is 1.93. The average Bonchev–Trinajstić information content (AvgIpc) is 2.92. The van der Waals surface area contributed by atoms with Gasteiger partial charge in [0.25, 0.3) is 0 Å². The molecule has 1 saturated heterocycles. The molecule has 0 aliphatic carbocycles. The normalized spacial score (nSPS) is 17.6. The third-order valence-electron chi connectivity index (χ3n) is 4.88. The molecule has 1 N–H and O–H groups in total. The molecular weight excluding hydrogens is 350 g/mol. The van der Waals surface area contributed by atoms with Gasteiger partial charge < -0.3 is 19.5 Å². The summed E-state index contributed by atoms with van der Waals surface area (Å²) < 4.78 is 7.56. The lowest BCUT2D eigenvalue weighted by Crippen LogP contribution is -2.48. The molecule has 7 heteroatoms. The number of guanidine groups is 1. The maximum atomic E-state index is 6.11. The highest BCUT2D eigenvalue weighted by molar-refractivity contribution is 6.30. The van der Waals surface area contributed by atoms with Crippen molar-refractivity contribution in [3.8, 4) is 0 Å². The van der Waals surface area contributed by atoms with E-state index in [0.717, 1.165) is 62.6 Å². The van der Waals surface area contributed by atoms with Crippen molar-refractivity contribution in [3.05, 3.63) is 23.0 Å². The molecule has 2 heterocycles. The predicted molar refractivity (Wildman–Crippen MR) is 109 cm³/mol. The average molecular weight is 384 g/mol. The number of nitrogens with zero attached hydrogens (tertiary/aromatic N) is 4. The lowest BCUT2D eigenvalue weighted by Gasteiger charge is -2.36. The van der Waals surface area contributed by atoms with Gasteiger partial charge in [-0.15, -0.1) is 0 Å². The molecule has 2 rings (SSSR count). The van der Waals surface area contributed by atoms with Crippen LogP contribution < -0.4 is 5.32 Å². The predicted octanol–water partition coefficient (Wildman–Crippen LogP) is 2.43. The summed E-state index contributed by atoms with van der Waals surface area (Å²) in [6, 6.07) is 2.44. The Bertz CT molecular complexity index is 580. The van der Waals surface area contributed by atoms with Gasteiger partial charge >= 0.3 is 0 Å². The fourth-order valence-corrected chi connectivity index (χ4v) is 3.62. The number of halogens is 1. The van der Waals surface area contributed by atoms with Crippen molar-refractivity contribution in [2.75, 3.05) is 46.4 Å². The maximum Gasteiger partial charge on any atom is 0.194 e. The van der Waals surface area contributed by atoms with E-state index in [1.165, 1.54) is 0 Å². The number of hydrogen-bond acceptors (Lipinski definition) is 3. The molecule has 0 amide bonds. The molecule has 1 aliphatic heterocycles. The SMILES string of the molecule is CCNC(=NCC(C(C)C)N1CCOCC1)N(C)Cc1cc(Cl)cn1C. The zero-order chi connectivity index (χ0) is 19.1. The first-order chi connectivity index (χ1) is 12.4. The molecule has 148 valence electrons. The van der Waals surface area contributed by atoms with Gasteiger partial charge in [0, 0.05) is 51.7 Å². The fourth-order valence-electron chi connectivity index (χ4n) is 3.35. The van der Waals surface area contributed by atoms with E-state index in [1.807, 2.05) is 19.3 Å². The first-order valence-electron chi connectivity index (χ1n) is 9.54. The van der Waals surface area contributed by atoms with E-state index >= 15 is 0 Å². The number of aryl methyl sites for hydroxylation is 1. The van der Waals surface area contributed by atoms with Crippen LogP contribution in [0, 0.1) is 5.92 Å². The van der Waals surface area contributed by atoms with E-state index in [-0.39, 0.29) is 0 Å². The van der Waals surface area contributed by atoms with Crippen molar-refractivity contribution in [1.29, 1.82) is 0 Å². The van der Waals surface area contributed by atoms with E-state index in [9.17, 15) is 0 Å². The van der Waals surface area contributed by atoms with E-state index in [1.54, 1.807) is 0 Å². The Morgan fingerprint density at radius 1 is 1.38 bits per heavy atom. The summed E-state index contributed by atoms with van der Waals surface area (Å²) >= 11 is 6.11. The van der Waals surface area contributed by atoms with Gasteiger partial charge in [0.1, 0.15) is 0 Å². The van der Waals surface area contributed by atoms with E-state index in [0.29, 0.717) is 12.0 Å². The van der Waals surface area contributed by atoms with Gasteiger partial charge in [-0.25, -0.2) is 0 Å². The Morgan fingerprint density at radius 3 is 2.62 bits per heavy atom. The number of morpholine rings is 1. The Kier molecular flexibility index (Phi) is 8.25. The summed E-state index contributed by atoms with van der Waals surface area (Å²) in [6.45, 7) is 12.7. The topological polar surface area (TPSA) is 45.0 Å². The van der Waals surface area contributed by atoms with Gasteiger partial charge in [-0.1, -0.05) is 25.4 Å². The van der Waals surface area contributed by atoms with Crippen LogP contribution in [0.1, 0.15) is 26.5 Å². The van der Waals surface area contributed by atoms with Crippen molar-refractivity contribution in [3.63, 3.8) is 0 Å². The molecule has 1 atom stereocenters. The molecule has 0 aromatic carbocycles. The van der Waals surface area contributed by atoms with Crippen molar-refractivity contribution in [2.24, 2.45) is 18.0 Å². The maximum absolute atomic E-state index is 6.11. The third-order valence-corrected chi connectivity index (χ3v) is 5.09. The van der Waals surface area contributed by atoms with Crippen LogP contribution in [-0.4, -0.2) is 72.8 Å². The molecule has 1 aliphatic rings. The first-order valence-corrected chi connectivity index (χ1v) is 9.92. The van der Waals surface area contributed by atoms with Crippen molar-refractivity contribution in [2.45, 2.75) is 33.4 Å². The van der Waals surface area contributed by atoms with Crippen LogP contribution in [0.5, 0.6) is 0 Å². The third kappa shape index (κ3) is 5.89. The minimum atomic E-state index is 0.436. The fraction of sp³-hybridized carbons (Fsp3) is 0.737. The van der Waals surface area contributed by atoms with Crippen LogP contribution in [0.4, 0.5) is 0 Å². The molecule has 0 saturated carbocycles. The lowest BCUT2D eigenvalue weighted by atomic mass is 10.0. The Morgan fingerprint density at radius 2 is 2.08 bits per heavy atom. The monoisotopic (exact) mass is 383 g/mol. The number of aromatic nitrogens is 1. The second-order valence-corrected chi connectivity index (χ2v) is 7.71. The standard InChI is InChI=1S/C19H34ClN5O/c1-6-21-19(24(5)14-17-11-16(20)13-23(17)4)22-12-18(15(2)3)25-7-9-26-10-8-25/h11,13,15,18H,6-10,12,14H2,1-5H3,(H,21,22). The largest absolute Gasteiger partial charge is 0.379 e. The number of aliphatic imine (C=N–C) groups is 1. The van der Waals surface area contributed by atoms with Gasteiger partial charge in [0.15, 0.2) is 5.96 Å². The van der Waals surface area contributed by atoms with Crippen LogP contribution in [0.3, 0.4) is 0 Å². The zero-order valence-electron chi connectivity index (χ0n) is 16.8. The van der Waals surface area contributed by atoms with Gasteiger partial charge in [0.05, 0.1) is 31.3 Å². The highest BCUT2D eigenvalue weighted by atomic mass is 35.5. The van der Waals surface area contributed by atoms with Crippen molar-refractivity contribution in [1.82, 2.24) is 19.7 Å². The second-order valence-electron chi connectivity index (χ2n) is 7.27. The van der Waals surface area contributed by atoms with Gasteiger partial charge in [-0.3, -0.25) is 9.89 Å². The molecule has 1 fully saturated rings. The molecular formula is C19H34ClN5O. The zero-order valence-corrected chi connectivity index (χ0v) is 17.6. The summed E-state index contributed by atoms with van der Waals surface area (Å²) in [5.74, 6) is 1.49. The second kappa shape index (κ2) is 10.2. The number of rotatable bonds is 7. The number of nitrogens with one attached hydrogen (secondary N) is 1. The van der Waals surface area contributed by atoms with Crippen LogP contribution >= 0.6 is 11.6 Å². The van der Waals surface area contributed by atoms with Crippen molar-refractivity contribution < 1.29 is 4.74 Å². The molecule has 0 radical (unpaired) electrons. The summed E-state index contributed by atoms with van der Waals surface area (Å²) in [4.78, 5) is 9.62. The molecule has 1 aromatic rings. The Hall–Kier alpha value is -1.24. The minimum Gasteiger partial charge on any atom is -0.379 e. The molecule has 0 spiro atoms. The van der Waals surface area contributed by atoms with Crippen LogP contribution in [-0.2, 0) is 18.3 Å². The summed E-state index contributed by atoms with van der Waals surface area (Å²) in [5, 5.41) is 4.19. The molecule has 0 bridgehead atoms. The molecule has 6 nitrogen and oxygen atoms in total.